The largest absolute Gasteiger partial charge is 0.492 e. The Bertz CT molecular complexity index is 1810. The molecular weight excluding hydrogens is 855 g/mol. The first-order valence-electron chi connectivity index (χ1n) is 22.8. The highest BCUT2D eigenvalue weighted by molar-refractivity contribution is 5.86. The Labute approximate surface area is 389 Å². The summed E-state index contributed by atoms with van der Waals surface area (Å²) in [7, 11) is 0. The van der Waals surface area contributed by atoms with E-state index in [0.29, 0.717) is 122 Å². The van der Waals surface area contributed by atoms with Crippen molar-refractivity contribution in [1.82, 2.24) is 35.9 Å². The third kappa shape index (κ3) is 24.1. The van der Waals surface area contributed by atoms with Crippen LogP contribution in [0.5, 0.6) is 5.75 Å². The number of nitrogens with one attached hydrogen (secondary N) is 2. The minimum Gasteiger partial charge on any atom is -0.492 e. The normalized spacial score (nSPS) is 13.0. The molecule has 1 atom stereocenters. The first-order chi connectivity index (χ1) is 31.9. The van der Waals surface area contributed by atoms with Crippen LogP contribution in [0.4, 0.5) is 0 Å². The van der Waals surface area contributed by atoms with Crippen LogP contribution in [-0.2, 0) is 42.9 Å². The minimum atomic E-state index is -0.153. The van der Waals surface area contributed by atoms with Crippen molar-refractivity contribution in [1.29, 1.82) is 0 Å². The van der Waals surface area contributed by atoms with Gasteiger partial charge < -0.3 is 52.8 Å². The van der Waals surface area contributed by atoms with Crippen LogP contribution in [0.1, 0.15) is 110 Å². The van der Waals surface area contributed by atoms with E-state index >= 15 is 0 Å². The highest BCUT2D eigenvalue weighted by Crippen LogP contribution is 2.28. The van der Waals surface area contributed by atoms with Gasteiger partial charge in [-0.1, -0.05) is 47.6 Å². The quantitative estimate of drug-likeness (QED) is 0.0557. The molecule has 1 aromatic carbocycles. The summed E-state index contributed by atoms with van der Waals surface area (Å²) >= 11 is 0. The second-order valence-corrected chi connectivity index (χ2v) is 15.5. The van der Waals surface area contributed by atoms with E-state index in [9.17, 15) is 19.2 Å². The predicted octanol–water partition coefficient (Wildman–Crippen LogP) is 5.79. The Kier molecular flexibility index (Phi) is 29.9. The highest BCUT2D eigenvalue weighted by atomic mass is 16.5. The first-order valence-corrected chi connectivity index (χ1v) is 22.8. The molecule has 0 saturated carbocycles. The van der Waals surface area contributed by atoms with Gasteiger partial charge in [0.15, 0.2) is 0 Å². The second-order valence-electron chi connectivity index (χ2n) is 15.5. The molecule has 19 nitrogen and oxygen atoms in total. The van der Waals surface area contributed by atoms with Gasteiger partial charge in [-0.05, 0) is 56.7 Å². The van der Waals surface area contributed by atoms with Crippen molar-refractivity contribution >= 4 is 24.5 Å². The van der Waals surface area contributed by atoms with E-state index in [0.717, 1.165) is 30.1 Å². The molecule has 1 aliphatic carbocycles. The average molecular weight is 928 g/mol. The van der Waals surface area contributed by atoms with Gasteiger partial charge in [0.25, 0.3) is 0 Å². The van der Waals surface area contributed by atoms with E-state index in [2.05, 4.69) is 31.0 Å². The van der Waals surface area contributed by atoms with Gasteiger partial charge in [0, 0.05) is 75.6 Å². The number of rotatable bonds is 32. The molecule has 66 heavy (non-hydrogen) atoms. The number of benzene rings is 1. The second kappa shape index (κ2) is 34.8. The number of nitrogens with zero attached hydrogens (tertiary/aromatic N) is 5. The summed E-state index contributed by atoms with van der Waals surface area (Å²) in [4.78, 5) is 45.4. The first kappa shape index (κ1) is 56.6. The zero-order valence-electron chi connectivity index (χ0n) is 40.2. The fourth-order valence-corrected chi connectivity index (χ4v) is 5.52. The molecule has 1 aliphatic rings. The molecule has 2 aromatic heterocycles. The number of hydrogen-bond acceptors (Lipinski definition) is 16. The zero-order chi connectivity index (χ0) is 48.4. The number of Topliss-reactive ketones (excluding diaryl/α,β-unsaturated/α-hetero) is 1. The van der Waals surface area contributed by atoms with Crippen molar-refractivity contribution in [2.45, 2.75) is 92.4 Å². The lowest BCUT2D eigenvalue weighted by Crippen LogP contribution is -2.40. The van der Waals surface area contributed by atoms with Gasteiger partial charge in [-0.15, -0.1) is 20.4 Å². The van der Waals surface area contributed by atoms with Gasteiger partial charge in [-0.3, -0.25) is 19.2 Å². The van der Waals surface area contributed by atoms with E-state index in [4.69, 9.17) is 37.3 Å². The topological polar surface area (TPSA) is 229 Å². The van der Waals surface area contributed by atoms with E-state index in [1.165, 1.54) is 4.90 Å². The Morgan fingerprint density at radius 2 is 1.26 bits per heavy atom. The molecule has 0 saturated heterocycles. The summed E-state index contributed by atoms with van der Waals surface area (Å²) in [6.07, 6.45) is 8.34. The van der Waals surface area contributed by atoms with Crippen molar-refractivity contribution in [3.63, 3.8) is 0 Å². The number of amides is 3. The third-order valence-electron chi connectivity index (χ3n) is 9.31. The maximum atomic E-state index is 12.0. The molecule has 2 heterocycles. The summed E-state index contributed by atoms with van der Waals surface area (Å²) < 4.78 is 43.8. The number of carbonyl (C=O) groups excluding carboxylic acids is 4. The fraction of sp³-hybridized carbons (Fsp3) is 0.617. The lowest BCUT2D eigenvalue weighted by molar-refractivity contribution is -0.133. The van der Waals surface area contributed by atoms with E-state index in [1.807, 2.05) is 84.0 Å². The molecule has 368 valence electrons. The van der Waals surface area contributed by atoms with Crippen molar-refractivity contribution in [3.05, 3.63) is 65.9 Å². The number of ketones is 1. The molecule has 0 spiro atoms. The third-order valence-corrected chi connectivity index (χ3v) is 9.31. The molecule has 0 fully saturated rings. The standard InChI is InChI=1S/C17H26N2O4.C17H24N2O4.C13H23N3O4/c2*1-4-20-9-10-21-11-12-22-15-7-5-14(6-8-15)17-19-18-16(23-17)13(2)3;1-11(2)12(19)3-4-13(20)16(7-5-14-9-17)8-6-15-10-18/h5,7-8,13-14H,4,6,9-12H2,1-3H3;5-8,13H,4,9-12H2,1-3H3;9-11H,3-8H2,1-2H3,(H,14,17)(H,15,18). The Morgan fingerprint density at radius 3 is 1.76 bits per heavy atom. The summed E-state index contributed by atoms with van der Waals surface area (Å²) in [6, 6.07) is 7.58. The molecule has 3 amide bonds. The van der Waals surface area contributed by atoms with Gasteiger partial charge in [0.2, 0.25) is 42.3 Å². The van der Waals surface area contributed by atoms with Crippen LogP contribution in [0.3, 0.4) is 0 Å². The number of aromatic nitrogens is 4. The van der Waals surface area contributed by atoms with Gasteiger partial charge in [0.05, 0.1) is 45.6 Å². The number of carbonyl (C=O) groups is 4. The van der Waals surface area contributed by atoms with Crippen LogP contribution >= 0.6 is 0 Å². The Morgan fingerprint density at radius 1 is 0.712 bits per heavy atom. The minimum absolute atomic E-state index is 0.0512. The van der Waals surface area contributed by atoms with Gasteiger partial charge in [-0.2, -0.15) is 0 Å². The van der Waals surface area contributed by atoms with E-state index < -0.39 is 0 Å². The smallest absolute Gasteiger partial charge is 0.247 e. The lowest BCUT2D eigenvalue weighted by Gasteiger charge is -2.22. The van der Waals surface area contributed by atoms with Gasteiger partial charge in [-0.25, -0.2) is 0 Å². The van der Waals surface area contributed by atoms with Crippen LogP contribution in [0, 0.1) is 5.92 Å². The van der Waals surface area contributed by atoms with Crippen LogP contribution in [0.2, 0.25) is 0 Å². The molecule has 0 bridgehead atoms. The van der Waals surface area contributed by atoms with E-state index in [1.54, 1.807) is 13.8 Å². The molecule has 2 N–H and O–H groups in total. The summed E-state index contributed by atoms with van der Waals surface area (Å²) in [5.74, 6) is 4.59. The SMILES string of the molecule is CC(C)C(=O)CCC(=O)N(CCNC=O)CCNC=O.CCOCCOCCOC1=CCC(c2nnc(C(C)C)o2)C=C1.CCOCCOCCOc1ccc(-c2nnc(C(C)C)o2)cc1. The van der Waals surface area contributed by atoms with Gasteiger partial charge in [0.1, 0.15) is 30.5 Å². The van der Waals surface area contributed by atoms with Crippen LogP contribution in [0.15, 0.2) is 57.1 Å². The van der Waals surface area contributed by atoms with Crippen molar-refractivity contribution in [2.75, 3.05) is 92.2 Å². The number of hydrogen-bond donors (Lipinski definition) is 2. The maximum Gasteiger partial charge on any atom is 0.247 e. The monoisotopic (exact) mass is 928 g/mol. The van der Waals surface area contributed by atoms with Crippen molar-refractivity contribution < 1.29 is 56.4 Å². The predicted molar refractivity (Wildman–Crippen MR) is 247 cm³/mol. The van der Waals surface area contributed by atoms with Crippen LogP contribution in [-0.4, -0.2) is 142 Å². The fourth-order valence-electron chi connectivity index (χ4n) is 5.52. The molecule has 4 rings (SSSR count). The summed E-state index contributed by atoms with van der Waals surface area (Å²) in [5.41, 5.74) is 0.879. The molecular formula is C47H73N7O12. The Hall–Kier alpha value is -5.50. The summed E-state index contributed by atoms with van der Waals surface area (Å²) in [5, 5.41) is 21.2. The number of ether oxygens (including phenoxy) is 6. The molecule has 1 unspecified atom stereocenters. The molecule has 0 aliphatic heterocycles. The maximum absolute atomic E-state index is 12.0. The molecule has 0 radical (unpaired) electrons. The Balaban J connectivity index is 0.000000342. The molecule has 3 aromatic rings. The lowest BCUT2D eigenvalue weighted by atomic mass is 10.0. The van der Waals surface area contributed by atoms with Crippen LogP contribution in [0.25, 0.3) is 11.5 Å². The zero-order valence-corrected chi connectivity index (χ0v) is 40.2. The molecule has 19 heteroatoms. The highest BCUT2D eigenvalue weighted by Gasteiger charge is 2.20. The van der Waals surface area contributed by atoms with Crippen molar-refractivity contribution in [3.8, 4) is 17.2 Å². The van der Waals surface area contributed by atoms with E-state index in [-0.39, 0.29) is 48.2 Å². The number of allylic oxidation sites excluding steroid dienone is 3. The van der Waals surface area contributed by atoms with Crippen molar-refractivity contribution in [2.24, 2.45) is 5.92 Å². The van der Waals surface area contributed by atoms with Crippen LogP contribution < -0.4 is 15.4 Å². The average Bonchev–Trinajstić information content (AvgIpc) is 4.03. The summed E-state index contributed by atoms with van der Waals surface area (Å²) in [6.45, 7) is 23.0. The van der Waals surface area contributed by atoms with Gasteiger partial charge >= 0.3 is 0 Å².